The van der Waals surface area contributed by atoms with Crippen molar-refractivity contribution in [1.29, 1.82) is 0 Å². The Kier molecular flexibility index (Phi) is 8.26. The van der Waals surface area contributed by atoms with Crippen LogP contribution in [0.5, 0.6) is 0 Å². The van der Waals surface area contributed by atoms with Crippen LogP contribution in [0.1, 0.15) is 53.9 Å². The van der Waals surface area contributed by atoms with Gasteiger partial charge in [-0.3, -0.25) is 0 Å². The summed E-state index contributed by atoms with van der Waals surface area (Å²) in [6.45, 7) is 13.9. The summed E-state index contributed by atoms with van der Waals surface area (Å²) in [5.41, 5.74) is 0. The fourth-order valence-electron chi connectivity index (χ4n) is 1.71. The van der Waals surface area contributed by atoms with Gasteiger partial charge in [-0.1, -0.05) is 41.0 Å². The van der Waals surface area contributed by atoms with Gasteiger partial charge in [0.2, 0.25) is 0 Å². The van der Waals surface area contributed by atoms with Crippen molar-refractivity contribution in [2.24, 2.45) is 17.8 Å². The van der Waals surface area contributed by atoms with Crippen molar-refractivity contribution in [3.63, 3.8) is 0 Å². The first-order chi connectivity index (χ1) is 6.56. The van der Waals surface area contributed by atoms with Crippen LogP contribution in [0.3, 0.4) is 0 Å². The Morgan fingerprint density at radius 2 is 1.64 bits per heavy atom. The van der Waals surface area contributed by atoms with Gasteiger partial charge >= 0.3 is 0 Å². The molecular formula is C13H29N. The average molecular weight is 199 g/mol. The third kappa shape index (κ3) is 8.55. The summed E-state index contributed by atoms with van der Waals surface area (Å²) in [7, 11) is 0. The molecule has 0 rings (SSSR count). The largest absolute Gasteiger partial charge is 0.316 e. The van der Waals surface area contributed by atoms with Gasteiger partial charge < -0.3 is 5.32 Å². The third-order valence-electron chi connectivity index (χ3n) is 2.87. The zero-order valence-corrected chi connectivity index (χ0v) is 10.8. The van der Waals surface area contributed by atoms with Crippen LogP contribution in [0.4, 0.5) is 0 Å². The second kappa shape index (κ2) is 8.28. The molecule has 2 unspecified atom stereocenters. The minimum absolute atomic E-state index is 0.778. The van der Waals surface area contributed by atoms with Crippen molar-refractivity contribution >= 4 is 0 Å². The normalized spacial score (nSPS) is 15.9. The molecule has 0 fully saturated rings. The molecule has 0 aliphatic heterocycles. The van der Waals surface area contributed by atoms with E-state index >= 15 is 0 Å². The fraction of sp³-hybridized carbons (Fsp3) is 1.00. The van der Waals surface area contributed by atoms with E-state index in [2.05, 4.69) is 39.9 Å². The number of rotatable bonds is 8. The van der Waals surface area contributed by atoms with Gasteiger partial charge in [-0.2, -0.15) is 0 Å². The smallest absolute Gasteiger partial charge is 0.00258 e. The molecule has 0 aromatic rings. The van der Waals surface area contributed by atoms with Crippen molar-refractivity contribution in [2.75, 3.05) is 13.1 Å². The van der Waals surface area contributed by atoms with E-state index in [0.29, 0.717) is 0 Å². The molecule has 0 spiro atoms. The summed E-state index contributed by atoms with van der Waals surface area (Å²) in [6.07, 6.45) is 4.04. The molecule has 0 aliphatic carbocycles. The maximum absolute atomic E-state index is 3.51. The van der Waals surface area contributed by atoms with Gasteiger partial charge in [0, 0.05) is 0 Å². The summed E-state index contributed by atoms with van der Waals surface area (Å²) in [6, 6.07) is 0. The summed E-state index contributed by atoms with van der Waals surface area (Å²) in [4.78, 5) is 0. The molecule has 1 nitrogen and oxygen atoms in total. The molecule has 0 radical (unpaired) electrons. The van der Waals surface area contributed by atoms with Crippen LogP contribution in [0, 0.1) is 17.8 Å². The number of hydrogen-bond acceptors (Lipinski definition) is 1. The van der Waals surface area contributed by atoms with E-state index in [1.54, 1.807) is 0 Å². The molecule has 0 aromatic carbocycles. The molecule has 0 aromatic heterocycles. The molecule has 14 heavy (non-hydrogen) atoms. The molecule has 0 bridgehead atoms. The van der Waals surface area contributed by atoms with Crippen molar-refractivity contribution in [3.05, 3.63) is 0 Å². The van der Waals surface area contributed by atoms with E-state index in [1.165, 1.54) is 25.8 Å². The van der Waals surface area contributed by atoms with Gasteiger partial charge in [0.1, 0.15) is 0 Å². The summed E-state index contributed by atoms with van der Waals surface area (Å²) >= 11 is 0. The van der Waals surface area contributed by atoms with E-state index in [-0.39, 0.29) is 0 Å². The van der Waals surface area contributed by atoms with Gasteiger partial charge in [0.05, 0.1) is 0 Å². The maximum Gasteiger partial charge on any atom is -0.00258 e. The van der Waals surface area contributed by atoms with Crippen LogP contribution in [-0.2, 0) is 0 Å². The average Bonchev–Trinajstić information content (AvgIpc) is 2.12. The summed E-state index contributed by atoms with van der Waals surface area (Å²) < 4.78 is 0. The standard InChI is InChI=1S/C13H29N/c1-6-12(4)9-13(5)7-8-14-10-11(2)3/h11-14H,6-10H2,1-5H3. The van der Waals surface area contributed by atoms with Crippen LogP contribution in [0.25, 0.3) is 0 Å². The molecule has 0 saturated heterocycles. The highest BCUT2D eigenvalue weighted by molar-refractivity contribution is 4.60. The molecule has 0 aliphatic rings. The van der Waals surface area contributed by atoms with Crippen molar-refractivity contribution in [1.82, 2.24) is 5.32 Å². The fourth-order valence-corrected chi connectivity index (χ4v) is 1.71. The molecule has 86 valence electrons. The van der Waals surface area contributed by atoms with Crippen LogP contribution in [0.2, 0.25) is 0 Å². The van der Waals surface area contributed by atoms with Crippen LogP contribution in [0.15, 0.2) is 0 Å². The Hall–Kier alpha value is -0.0400. The number of nitrogens with one attached hydrogen (secondary N) is 1. The quantitative estimate of drug-likeness (QED) is 0.588. The zero-order chi connectivity index (χ0) is 11.0. The van der Waals surface area contributed by atoms with Crippen LogP contribution < -0.4 is 5.32 Å². The Balaban J connectivity index is 3.30. The lowest BCUT2D eigenvalue weighted by Crippen LogP contribution is -2.22. The second-order valence-electron chi connectivity index (χ2n) is 5.24. The first-order valence-corrected chi connectivity index (χ1v) is 6.26. The first kappa shape index (κ1) is 14.0. The van der Waals surface area contributed by atoms with Crippen molar-refractivity contribution in [2.45, 2.75) is 53.9 Å². The SMILES string of the molecule is CCC(C)CC(C)CCNCC(C)C. The van der Waals surface area contributed by atoms with E-state index in [9.17, 15) is 0 Å². The van der Waals surface area contributed by atoms with Gasteiger partial charge in [-0.25, -0.2) is 0 Å². The van der Waals surface area contributed by atoms with E-state index < -0.39 is 0 Å². The highest BCUT2D eigenvalue weighted by Gasteiger charge is 2.06. The Bertz CT molecular complexity index is 120. The van der Waals surface area contributed by atoms with Gasteiger partial charge in [0.25, 0.3) is 0 Å². The molecule has 2 atom stereocenters. The lowest BCUT2D eigenvalue weighted by Gasteiger charge is -2.16. The van der Waals surface area contributed by atoms with Crippen LogP contribution in [-0.4, -0.2) is 13.1 Å². The Labute approximate surface area is 90.7 Å². The van der Waals surface area contributed by atoms with Crippen molar-refractivity contribution < 1.29 is 0 Å². The molecule has 1 heteroatoms. The maximum atomic E-state index is 3.51. The second-order valence-corrected chi connectivity index (χ2v) is 5.24. The third-order valence-corrected chi connectivity index (χ3v) is 2.87. The lowest BCUT2D eigenvalue weighted by molar-refractivity contribution is 0.377. The minimum Gasteiger partial charge on any atom is -0.316 e. The monoisotopic (exact) mass is 199 g/mol. The van der Waals surface area contributed by atoms with E-state index in [1.807, 2.05) is 0 Å². The molecular weight excluding hydrogens is 170 g/mol. The lowest BCUT2D eigenvalue weighted by atomic mass is 9.93. The Morgan fingerprint density at radius 3 is 2.14 bits per heavy atom. The first-order valence-electron chi connectivity index (χ1n) is 6.26. The highest BCUT2D eigenvalue weighted by atomic mass is 14.8. The van der Waals surface area contributed by atoms with E-state index in [0.717, 1.165) is 24.3 Å². The topological polar surface area (TPSA) is 12.0 Å². The predicted octanol–water partition coefficient (Wildman–Crippen LogP) is 3.69. The van der Waals surface area contributed by atoms with Gasteiger partial charge in [0.15, 0.2) is 0 Å². The Morgan fingerprint density at radius 1 is 1.00 bits per heavy atom. The molecule has 0 saturated carbocycles. The van der Waals surface area contributed by atoms with Crippen molar-refractivity contribution in [3.8, 4) is 0 Å². The summed E-state index contributed by atoms with van der Waals surface area (Å²) in [5, 5.41) is 3.51. The molecule has 1 N–H and O–H groups in total. The minimum atomic E-state index is 0.778. The predicted molar refractivity (Wildman–Crippen MR) is 65.6 cm³/mol. The molecule has 0 amide bonds. The zero-order valence-electron chi connectivity index (χ0n) is 10.8. The van der Waals surface area contributed by atoms with Gasteiger partial charge in [-0.15, -0.1) is 0 Å². The van der Waals surface area contributed by atoms with E-state index in [4.69, 9.17) is 0 Å². The summed E-state index contributed by atoms with van der Waals surface area (Å²) in [5.74, 6) is 2.56. The highest BCUT2D eigenvalue weighted by Crippen LogP contribution is 2.16. The van der Waals surface area contributed by atoms with Crippen LogP contribution >= 0.6 is 0 Å². The number of hydrogen-bond donors (Lipinski definition) is 1. The molecule has 0 heterocycles. The van der Waals surface area contributed by atoms with Gasteiger partial charge in [-0.05, 0) is 43.7 Å².